The predicted octanol–water partition coefficient (Wildman–Crippen LogP) is 1.16. The number of anilines is 2. The number of nitrogen functional groups attached to an aromatic ring is 1. The predicted molar refractivity (Wildman–Crippen MR) is 86.2 cm³/mol. The van der Waals surface area contributed by atoms with Crippen molar-refractivity contribution in [3.63, 3.8) is 0 Å². The van der Waals surface area contributed by atoms with Crippen LogP contribution in [-0.2, 0) is 0 Å². The average molecular weight is 310 g/mol. The second kappa shape index (κ2) is 6.03. The molecule has 0 radical (unpaired) electrons. The van der Waals surface area contributed by atoms with Crippen molar-refractivity contribution < 1.29 is 9.59 Å². The lowest BCUT2D eigenvalue weighted by atomic mass is 10.1. The zero-order chi connectivity index (χ0) is 15.7. The second-order valence-electron chi connectivity index (χ2n) is 5.56. The number of nitrogens with zero attached hydrogens (tertiary/aromatic N) is 2. The minimum absolute atomic E-state index is 0.132. The molecule has 1 fully saturated rings. The van der Waals surface area contributed by atoms with Crippen LogP contribution in [-0.4, -0.2) is 48.8 Å². The Labute approximate surface area is 128 Å². The fourth-order valence-electron chi connectivity index (χ4n) is 2.60. The van der Waals surface area contributed by atoms with Crippen LogP contribution in [0.5, 0.6) is 0 Å². The topological polar surface area (TPSA) is 92.7 Å². The van der Waals surface area contributed by atoms with Crippen molar-refractivity contribution in [2.75, 3.05) is 36.8 Å². The highest BCUT2D eigenvalue weighted by molar-refractivity contribution is 7.19. The Morgan fingerprint density at radius 3 is 2.19 bits per heavy atom. The lowest BCUT2D eigenvalue weighted by Gasteiger charge is -2.37. The quantitative estimate of drug-likeness (QED) is 0.814. The maximum Gasteiger partial charge on any atom is 0.253 e. The highest BCUT2D eigenvalue weighted by Gasteiger charge is 2.28. The van der Waals surface area contributed by atoms with Gasteiger partial charge < -0.3 is 16.4 Å². The number of thiophene rings is 1. The van der Waals surface area contributed by atoms with Crippen LogP contribution in [0.1, 0.15) is 40.8 Å². The van der Waals surface area contributed by atoms with Gasteiger partial charge in [0.25, 0.3) is 5.91 Å². The van der Waals surface area contributed by atoms with E-state index in [1.807, 2.05) is 0 Å². The fourth-order valence-corrected chi connectivity index (χ4v) is 3.77. The first-order valence-electron chi connectivity index (χ1n) is 7.05. The number of hydrogen-bond acceptors (Lipinski definition) is 6. The van der Waals surface area contributed by atoms with E-state index in [1.165, 1.54) is 18.3 Å². The monoisotopic (exact) mass is 310 g/mol. The summed E-state index contributed by atoms with van der Waals surface area (Å²) in [6, 6.07) is 0.504. The van der Waals surface area contributed by atoms with Gasteiger partial charge in [-0.15, -0.1) is 11.3 Å². The summed E-state index contributed by atoms with van der Waals surface area (Å²) in [5.41, 5.74) is 11.9. The number of nitrogens with two attached hydrogens (primary N) is 2. The van der Waals surface area contributed by atoms with E-state index in [2.05, 4.69) is 23.6 Å². The Bertz CT molecular complexity index is 560. The summed E-state index contributed by atoms with van der Waals surface area (Å²) in [7, 11) is 0. The molecule has 0 aromatic carbocycles. The number of amides is 1. The lowest BCUT2D eigenvalue weighted by Crippen LogP contribution is -2.49. The van der Waals surface area contributed by atoms with E-state index in [0.29, 0.717) is 16.5 Å². The average Bonchev–Trinajstić information content (AvgIpc) is 2.76. The van der Waals surface area contributed by atoms with Crippen LogP contribution in [0.2, 0.25) is 0 Å². The molecule has 0 spiro atoms. The van der Waals surface area contributed by atoms with Gasteiger partial charge in [0.15, 0.2) is 5.78 Å². The van der Waals surface area contributed by atoms with Crippen LogP contribution >= 0.6 is 11.3 Å². The van der Waals surface area contributed by atoms with Gasteiger partial charge in [-0.25, -0.2) is 0 Å². The highest BCUT2D eigenvalue weighted by Crippen LogP contribution is 2.38. The summed E-state index contributed by atoms with van der Waals surface area (Å²) in [6.07, 6.45) is 0. The molecule has 116 valence electrons. The molecule has 0 saturated carbocycles. The molecule has 1 aromatic rings. The van der Waals surface area contributed by atoms with Crippen molar-refractivity contribution >= 4 is 33.7 Å². The number of Topliss-reactive ketones (excluding diaryl/α,β-unsaturated/α-hetero) is 1. The summed E-state index contributed by atoms with van der Waals surface area (Å²) < 4.78 is 0. The third-order valence-corrected chi connectivity index (χ3v) is 5.19. The van der Waals surface area contributed by atoms with E-state index in [4.69, 9.17) is 11.5 Å². The molecule has 0 aliphatic carbocycles. The van der Waals surface area contributed by atoms with Crippen LogP contribution in [0, 0.1) is 0 Å². The molecule has 1 saturated heterocycles. The first-order valence-corrected chi connectivity index (χ1v) is 7.86. The van der Waals surface area contributed by atoms with Crippen molar-refractivity contribution in [3.05, 3.63) is 10.4 Å². The number of carbonyl (C=O) groups excluding carboxylic acids is 2. The molecule has 7 heteroatoms. The van der Waals surface area contributed by atoms with Gasteiger partial charge in [0.05, 0.1) is 16.1 Å². The zero-order valence-corrected chi connectivity index (χ0v) is 13.5. The molecule has 2 heterocycles. The summed E-state index contributed by atoms with van der Waals surface area (Å²) in [6.45, 7) is 9.23. The molecular weight excluding hydrogens is 288 g/mol. The number of rotatable bonds is 4. The third-order valence-electron chi connectivity index (χ3n) is 3.82. The number of piperazine rings is 1. The molecule has 1 aliphatic rings. The number of carbonyl (C=O) groups is 2. The van der Waals surface area contributed by atoms with Crippen molar-refractivity contribution in [3.8, 4) is 0 Å². The Balaban J connectivity index is 2.30. The van der Waals surface area contributed by atoms with Crippen molar-refractivity contribution in [2.24, 2.45) is 5.73 Å². The van der Waals surface area contributed by atoms with E-state index in [9.17, 15) is 9.59 Å². The Morgan fingerprint density at radius 1 is 1.19 bits per heavy atom. The minimum Gasteiger partial charge on any atom is -0.397 e. The third kappa shape index (κ3) is 3.03. The van der Waals surface area contributed by atoms with Gasteiger partial charge in [-0.05, 0) is 13.8 Å². The minimum atomic E-state index is -0.572. The maximum atomic E-state index is 11.7. The number of ketones is 1. The van der Waals surface area contributed by atoms with E-state index in [1.54, 1.807) is 0 Å². The van der Waals surface area contributed by atoms with Gasteiger partial charge in [0.1, 0.15) is 5.00 Å². The van der Waals surface area contributed by atoms with E-state index >= 15 is 0 Å². The van der Waals surface area contributed by atoms with Gasteiger partial charge in [-0.1, -0.05) is 0 Å². The summed E-state index contributed by atoms with van der Waals surface area (Å²) in [4.78, 5) is 28.2. The Hall–Kier alpha value is -1.60. The van der Waals surface area contributed by atoms with Gasteiger partial charge >= 0.3 is 0 Å². The molecular formula is C14H22N4O2S. The van der Waals surface area contributed by atoms with Crippen LogP contribution in [0.15, 0.2) is 0 Å². The summed E-state index contributed by atoms with van der Waals surface area (Å²) in [5, 5.41) is 0.730. The van der Waals surface area contributed by atoms with Crippen LogP contribution in [0.25, 0.3) is 0 Å². The lowest BCUT2D eigenvalue weighted by molar-refractivity contribution is 0.100. The largest absolute Gasteiger partial charge is 0.397 e. The van der Waals surface area contributed by atoms with Crippen LogP contribution in [0.3, 0.4) is 0 Å². The van der Waals surface area contributed by atoms with E-state index in [0.717, 1.165) is 31.2 Å². The van der Waals surface area contributed by atoms with Crippen molar-refractivity contribution in [1.82, 2.24) is 4.90 Å². The molecule has 0 unspecified atom stereocenters. The van der Waals surface area contributed by atoms with Gasteiger partial charge in [0.2, 0.25) is 0 Å². The van der Waals surface area contributed by atoms with E-state index < -0.39 is 5.91 Å². The van der Waals surface area contributed by atoms with Crippen molar-refractivity contribution in [2.45, 2.75) is 26.8 Å². The van der Waals surface area contributed by atoms with Gasteiger partial charge in [0, 0.05) is 39.1 Å². The molecule has 0 atom stereocenters. The standard InChI is InChI=1S/C14H22N4O2S/c1-8(2)17-4-6-18(7-5-17)14-10(13(16)20)11(15)12(21-14)9(3)19/h8H,4-7,15H2,1-3H3,(H2,16,20). The van der Waals surface area contributed by atoms with Crippen molar-refractivity contribution in [1.29, 1.82) is 0 Å². The molecule has 6 nitrogen and oxygen atoms in total. The summed E-state index contributed by atoms with van der Waals surface area (Å²) in [5.74, 6) is -0.704. The fraction of sp³-hybridized carbons (Fsp3) is 0.571. The first-order chi connectivity index (χ1) is 9.82. The molecule has 1 aromatic heterocycles. The number of hydrogen-bond donors (Lipinski definition) is 2. The van der Waals surface area contributed by atoms with Gasteiger partial charge in [-0.2, -0.15) is 0 Å². The molecule has 2 rings (SSSR count). The Morgan fingerprint density at radius 2 is 1.76 bits per heavy atom. The Kier molecular flexibility index (Phi) is 4.53. The molecule has 21 heavy (non-hydrogen) atoms. The van der Waals surface area contributed by atoms with Crippen LogP contribution in [0.4, 0.5) is 10.7 Å². The molecule has 0 bridgehead atoms. The smallest absolute Gasteiger partial charge is 0.253 e. The van der Waals surface area contributed by atoms with E-state index in [-0.39, 0.29) is 11.5 Å². The molecule has 4 N–H and O–H groups in total. The number of primary amides is 1. The molecule has 1 amide bonds. The highest BCUT2D eigenvalue weighted by atomic mass is 32.1. The molecule has 1 aliphatic heterocycles. The SMILES string of the molecule is CC(=O)c1sc(N2CCN(C(C)C)CC2)c(C(N)=O)c1N. The van der Waals surface area contributed by atoms with Gasteiger partial charge in [-0.3, -0.25) is 14.5 Å². The first kappa shape index (κ1) is 15.8. The van der Waals surface area contributed by atoms with Crippen LogP contribution < -0.4 is 16.4 Å². The zero-order valence-electron chi connectivity index (χ0n) is 12.7. The maximum absolute atomic E-state index is 11.7. The second-order valence-corrected chi connectivity index (χ2v) is 6.56. The summed E-state index contributed by atoms with van der Waals surface area (Å²) >= 11 is 1.27. The normalized spacial score (nSPS) is 16.5.